The van der Waals surface area contributed by atoms with Crippen LogP contribution in [0.15, 0.2) is 48.5 Å². The van der Waals surface area contributed by atoms with Crippen molar-refractivity contribution in [1.29, 1.82) is 0 Å². The highest BCUT2D eigenvalue weighted by Gasteiger charge is 2.40. The molecule has 3 nitrogen and oxygen atoms in total. The molecule has 0 spiro atoms. The van der Waals surface area contributed by atoms with Gasteiger partial charge in [-0.15, -0.1) is 0 Å². The zero-order valence-corrected chi connectivity index (χ0v) is 11.6. The van der Waals surface area contributed by atoms with Crippen LogP contribution in [0.1, 0.15) is 41.0 Å². The number of hydrogen-bond acceptors (Lipinski definition) is 2. The molecule has 102 valence electrons. The van der Waals surface area contributed by atoms with E-state index in [1.807, 2.05) is 37.3 Å². The van der Waals surface area contributed by atoms with Crippen LogP contribution in [-0.4, -0.2) is 10.9 Å². The topological polar surface area (TPSA) is 42.0 Å². The van der Waals surface area contributed by atoms with E-state index >= 15 is 0 Å². The number of nitrogens with one attached hydrogen (secondary N) is 1. The maximum Gasteiger partial charge on any atom is 0.270 e. The van der Waals surface area contributed by atoms with Crippen molar-refractivity contribution < 1.29 is 4.79 Å². The SMILES string of the molecule is Cc1cccc(C(=O)NC2(c3ccccc3)CCC2)n1. The van der Waals surface area contributed by atoms with Gasteiger partial charge >= 0.3 is 0 Å². The van der Waals surface area contributed by atoms with Gasteiger partial charge in [-0.25, -0.2) is 4.98 Å². The Hall–Kier alpha value is -2.16. The van der Waals surface area contributed by atoms with Gasteiger partial charge in [-0.2, -0.15) is 0 Å². The average Bonchev–Trinajstić information content (AvgIpc) is 2.43. The van der Waals surface area contributed by atoms with Gasteiger partial charge in [0.2, 0.25) is 0 Å². The van der Waals surface area contributed by atoms with Gasteiger partial charge in [-0.3, -0.25) is 4.79 Å². The second-order valence-electron chi connectivity index (χ2n) is 5.42. The molecule has 1 fully saturated rings. The Morgan fingerprint density at radius 3 is 2.45 bits per heavy atom. The van der Waals surface area contributed by atoms with Crippen molar-refractivity contribution >= 4 is 5.91 Å². The van der Waals surface area contributed by atoms with Crippen LogP contribution in [0.3, 0.4) is 0 Å². The number of rotatable bonds is 3. The van der Waals surface area contributed by atoms with E-state index in [2.05, 4.69) is 22.4 Å². The van der Waals surface area contributed by atoms with Crippen molar-refractivity contribution in [2.24, 2.45) is 0 Å². The lowest BCUT2D eigenvalue weighted by Gasteiger charge is -2.43. The lowest BCUT2D eigenvalue weighted by molar-refractivity contribution is 0.0818. The first-order valence-corrected chi connectivity index (χ1v) is 7.01. The van der Waals surface area contributed by atoms with Gasteiger partial charge in [0.1, 0.15) is 5.69 Å². The molecule has 1 amide bonds. The van der Waals surface area contributed by atoms with Gasteiger partial charge < -0.3 is 5.32 Å². The molecule has 1 saturated carbocycles. The van der Waals surface area contributed by atoms with Crippen molar-refractivity contribution in [2.45, 2.75) is 31.7 Å². The normalized spacial score (nSPS) is 16.2. The summed E-state index contributed by atoms with van der Waals surface area (Å²) in [7, 11) is 0. The standard InChI is InChI=1S/C17H18N2O/c1-13-7-5-10-15(18-13)16(20)19-17(11-6-12-17)14-8-3-2-4-9-14/h2-5,7-10H,6,11-12H2,1H3,(H,19,20). The van der Waals surface area contributed by atoms with Crippen molar-refractivity contribution in [2.75, 3.05) is 0 Å². The number of aryl methyl sites for hydroxylation is 1. The Kier molecular flexibility index (Phi) is 3.26. The van der Waals surface area contributed by atoms with Gasteiger partial charge in [0.25, 0.3) is 5.91 Å². The summed E-state index contributed by atoms with van der Waals surface area (Å²) in [5.41, 5.74) is 2.34. The summed E-state index contributed by atoms with van der Waals surface area (Å²) >= 11 is 0. The Labute approximate surface area is 119 Å². The number of amides is 1. The smallest absolute Gasteiger partial charge is 0.270 e. The van der Waals surface area contributed by atoms with Crippen molar-refractivity contribution in [3.63, 3.8) is 0 Å². The summed E-state index contributed by atoms with van der Waals surface area (Å²) in [4.78, 5) is 16.7. The lowest BCUT2D eigenvalue weighted by atomic mass is 9.71. The lowest BCUT2D eigenvalue weighted by Crippen LogP contribution is -2.50. The summed E-state index contributed by atoms with van der Waals surface area (Å²) in [5.74, 6) is -0.0859. The van der Waals surface area contributed by atoms with Crippen LogP contribution in [0.5, 0.6) is 0 Å². The molecule has 1 aliphatic rings. The van der Waals surface area contributed by atoms with E-state index in [1.54, 1.807) is 6.07 Å². The maximum atomic E-state index is 12.4. The summed E-state index contributed by atoms with van der Waals surface area (Å²) in [6, 6.07) is 15.7. The number of nitrogens with zero attached hydrogens (tertiary/aromatic N) is 1. The third-order valence-electron chi connectivity index (χ3n) is 4.01. The highest BCUT2D eigenvalue weighted by atomic mass is 16.2. The van der Waals surface area contributed by atoms with Crippen molar-refractivity contribution in [1.82, 2.24) is 10.3 Å². The monoisotopic (exact) mass is 266 g/mol. The molecule has 1 heterocycles. The number of carbonyl (C=O) groups excluding carboxylic acids is 1. The molecule has 0 aliphatic heterocycles. The third-order valence-corrected chi connectivity index (χ3v) is 4.01. The van der Waals surface area contributed by atoms with E-state index in [0.29, 0.717) is 5.69 Å². The number of carbonyl (C=O) groups is 1. The minimum absolute atomic E-state index is 0.0859. The Morgan fingerprint density at radius 1 is 1.10 bits per heavy atom. The fraction of sp³-hybridized carbons (Fsp3) is 0.294. The van der Waals surface area contributed by atoms with Gasteiger partial charge in [0, 0.05) is 5.69 Å². The van der Waals surface area contributed by atoms with Crippen LogP contribution in [0.25, 0.3) is 0 Å². The Balaban J connectivity index is 1.84. The predicted molar refractivity (Wildman–Crippen MR) is 78.4 cm³/mol. The van der Waals surface area contributed by atoms with Crippen LogP contribution in [0.4, 0.5) is 0 Å². The molecular formula is C17H18N2O. The molecule has 2 aromatic rings. The van der Waals surface area contributed by atoms with Gasteiger partial charge in [0.05, 0.1) is 5.54 Å². The van der Waals surface area contributed by atoms with E-state index in [0.717, 1.165) is 25.0 Å². The van der Waals surface area contributed by atoms with E-state index in [4.69, 9.17) is 0 Å². The minimum atomic E-state index is -0.205. The Morgan fingerprint density at radius 2 is 1.85 bits per heavy atom. The molecule has 0 saturated heterocycles. The first-order chi connectivity index (χ1) is 9.70. The Bertz CT molecular complexity index is 618. The quantitative estimate of drug-likeness (QED) is 0.927. The van der Waals surface area contributed by atoms with E-state index in [-0.39, 0.29) is 11.4 Å². The van der Waals surface area contributed by atoms with Gasteiger partial charge in [-0.05, 0) is 43.9 Å². The molecule has 3 rings (SSSR count). The zero-order chi connectivity index (χ0) is 14.0. The first-order valence-electron chi connectivity index (χ1n) is 7.01. The summed E-state index contributed by atoms with van der Waals surface area (Å²) in [6.07, 6.45) is 3.14. The fourth-order valence-corrected chi connectivity index (χ4v) is 2.72. The molecule has 1 aromatic heterocycles. The molecule has 1 aromatic carbocycles. The maximum absolute atomic E-state index is 12.4. The third kappa shape index (κ3) is 2.31. The first kappa shape index (κ1) is 12.9. The average molecular weight is 266 g/mol. The van der Waals surface area contributed by atoms with Gasteiger partial charge in [-0.1, -0.05) is 36.4 Å². The van der Waals surface area contributed by atoms with E-state index in [1.165, 1.54) is 5.56 Å². The van der Waals surface area contributed by atoms with Crippen LogP contribution >= 0.6 is 0 Å². The predicted octanol–water partition coefficient (Wildman–Crippen LogP) is 3.20. The fourth-order valence-electron chi connectivity index (χ4n) is 2.72. The van der Waals surface area contributed by atoms with Crippen molar-refractivity contribution in [3.05, 3.63) is 65.5 Å². The molecular weight excluding hydrogens is 248 g/mol. The zero-order valence-electron chi connectivity index (χ0n) is 11.6. The number of pyridine rings is 1. The summed E-state index contributed by atoms with van der Waals surface area (Å²) in [5, 5.41) is 3.19. The summed E-state index contributed by atoms with van der Waals surface area (Å²) in [6.45, 7) is 1.90. The molecule has 0 radical (unpaired) electrons. The van der Waals surface area contributed by atoms with Crippen LogP contribution in [0, 0.1) is 6.92 Å². The largest absolute Gasteiger partial charge is 0.341 e. The molecule has 20 heavy (non-hydrogen) atoms. The molecule has 3 heteroatoms. The minimum Gasteiger partial charge on any atom is -0.341 e. The van der Waals surface area contributed by atoms with Crippen LogP contribution in [0.2, 0.25) is 0 Å². The highest BCUT2D eigenvalue weighted by Crippen LogP contribution is 2.41. The van der Waals surface area contributed by atoms with E-state index < -0.39 is 0 Å². The van der Waals surface area contributed by atoms with Gasteiger partial charge in [0.15, 0.2) is 0 Å². The molecule has 0 bridgehead atoms. The second-order valence-corrected chi connectivity index (χ2v) is 5.42. The van der Waals surface area contributed by atoms with Crippen LogP contribution < -0.4 is 5.32 Å². The summed E-state index contributed by atoms with van der Waals surface area (Å²) < 4.78 is 0. The molecule has 1 N–H and O–H groups in total. The number of hydrogen-bond donors (Lipinski definition) is 1. The number of aromatic nitrogens is 1. The molecule has 1 aliphatic carbocycles. The number of benzene rings is 1. The molecule has 0 unspecified atom stereocenters. The van der Waals surface area contributed by atoms with E-state index in [9.17, 15) is 4.79 Å². The molecule has 0 atom stereocenters. The van der Waals surface area contributed by atoms with Crippen molar-refractivity contribution in [3.8, 4) is 0 Å². The second kappa shape index (κ2) is 5.08. The van der Waals surface area contributed by atoms with Crippen LogP contribution in [-0.2, 0) is 5.54 Å². The highest BCUT2D eigenvalue weighted by molar-refractivity contribution is 5.93.